The van der Waals surface area contributed by atoms with E-state index in [0.717, 1.165) is 74.8 Å². The van der Waals surface area contributed by atoms with Crippen molar-refractivity contribution in [3.8, 4) is 0 Å². The van der Waals surface area contributed by atoms with Crippen molar-refractivity contribution in [2.45, 2.75) is 207 Å². The molecule has 4 atom stereocenters. The van der Waals surface area contributed by atoms with Crippen molar-refractivity contribution in [2.24, 2.45) is 0 Å². The summed E-state index contributed by atoms with van der Waals surface area (Å²) in [5, 5.41) is 0. The van der Waals surface area contributed by atoms with Gasteiger partial charge < -0.3 is 27.0 Å². The van der Waals surface area contributed by atoms with E-state index in [1.807, 2.05) is 0 Å². The van der Waals surface area contributed by atoms with Crippen LogP contribution in [-0.4, -0.2) is 64.4 Å². The maximum absolute atomic E-state index is 7.12. The van der Waals surface area contributed by atoms with Crippen LogP contribution in [0.2, 0.25) is 75.5 Å². The molecule has 0 N–H and O–H groups in total. The Labute approximate surface area is 298 Å². The Morgan fingerprint density at radius 1 is 0.532 bits per heavy atom. The van der Waals surface area contributed by atoms with Gasteiger partial charge in [-0.25, -0.2) is 0 Å². The predicted octanol–water partition coefficient (Wildman–Crippen LogP) is 12.0. The van der Waals surface area contributed by atoms with Crippen LogP contribution < -0.4 is 0 Å². The van der Waals surface area contributed by atoms with Crippen LogP contribution in [0.1, 0.15) is 108 Å². The van der Waals surface area contributed by atoms with Crippen LogP contribution in [0.15, 0.2) is 24.7 Å². The lowest BCUT2D eigenvalue weighted by Crippen LogP contribution is -2.53. The number of hydrogen-bond acceptors (Lipinski definition) is 6. The molecule has 4 unspecified atom stereocenters. The Morgan fingerprint density at radius 3 is 1.06 bits per heavy atom. The van der Waals surface area contributed by atoms with E-state index in [-0.39, 0.29) is 12.2 Å². The van der Waals surface area contributed by atoms with E-state index in [1.165, 1.54) is 7.69 Å². The first kappa shape index (κ1) is 46.9. The molecule has 277 valence electrons. The summed E-state index contributed by atoms with van der Waals surface area (Å²) in [6.45, 7) is 36.2. The van der Waals surface area contributed by atoms with E-state index in [4.69, 9.17) is 27.0 Å². The highest BCUT2D eigenvalue weighted by Gasteiger charge is 2.44. The molecule has 0 aromatic rings. The van der Waals surface area contributed by atoms with Crippen molar-refractivity contribution < 1.29 is 27.0 Å². The van der Waals surface area contributed by atoms with Crippen molar-refractivity contribution in [3.05, 3.63) is 24.7 Å². The van der Waals surface area contributed by atoms with Gasteiger partial charge in [0, 0.05) is 0 Å². The molecule has 0 aliphatic carbocycles. The molecule has 0 heterocycles. The highest BCUT2D eigenvalue weighted by molar-refractivity contribution is 6.74. The smallest absolute Gasteiger partial charge is 0.533 e. The average molecular weight is 730 g/mol. The van der Waals surface area contributed by atoms with Crippen LogP contribution in [0.5, 0.6) is 0 Å². The second kappa shape index (κ2) is 21.9. The summed E-state index contributed by atoms with van der Waals surface area (Å²) in [4.78, 5) is 0. The maximum Gasteiger partial charge on any atom is 0.657 e. The SMILES string of the molecule is CCCCC(C)(O[Si](C)(C)C)C(C=CO[B]OC=CC(O[Si](CC)(CC)CC)C(C)(CCCC)O[Si](C)(C)C)O[Si](CC)(CC)CC. The zero-order valence-electron chi connectivity index (χ0n) is 34.0. The predicted molar refractivity (Wildman–Crippen MR) is 215 cm³/mol. The summed E-state index contributed by atoms with van der Waals surface area (Å²) in [6.07, 6.45) is 13.5. The molecule has 0 bridgehead atoms. The van der Waals surface area contributed by atoms with Crippen molar-refractivity contribution in [2.75, 3.05) is 0 Å². The third kappa shape index (κ3) is 17.1. The fourth-order valence-electron chi connectivity index (χ4n) is 6.56. The van der Waals surface area contributed by atoms with Gasteiger partial charge in [-0.15, -0.1) is 0 Å². The van der Waals surface area contributed by atoms with Gasteiger partial charge in [0.15, 0.2) is 33.3 Å². The minimum absolute atomic E-state index is 0.192. The summed E-state index contributed by atoms with van der Waals surface area (Å²) in [5.74, 6) is 0. The molecule has 0 aromatic heterocycles. The quantitative estimate of drug-likeness (QED) is 0.0454. The maximum atomic E-state index is 7.12. The molecule has 0 fully saturated rings. The molecule has 0 saturated heterocycles. The third-order valence-corrected chi connectivity index (χ3v) is 21.1. The second-order valence-corrected chi connectivity index (χ2v) is 34.2. The van der Waals surface area contributed by atoms with Gasteiger partial charge in [-0.3, -0.25) is 0 Å². The van der Waals surface area contributed by atoms with Crippen LogP contribution in [-0.2, 0) is 27.0 Å². The topological polar surface area (TPSA) is 55.4 Å². The molecule has 11 heteroatoms. The lowest BCUT2D eigenvalue weighted by molar-refractivity contribution is -0.0235. The number of hydrogen-bond donors (Lipinski definition) is 0. The minimum Gasteiger partial charge on any atom is -0.533 e. The Morgan fingerprint density at radius 2 is 0.830 bits per heavy atom. The van der Waals surface area contributed by atoms with Crippen LogP contribution in [0, 0.1) is 0 Å². The van der Waals surface area contributed by atoms with Crippen LogP contribution >= 0.6 is 0 Å². The lowest BCUT2D eigenvalue weighted by atomic mass is 9.92. The normalized spacial score (nSPS) is 17.4. The van der Waals surface area contributed by atoms with Gasteiger partial charge >= 0.3 is 7.69 Å². The molecule has 0 saturated carbocycles. The van der Waals surface area contributed by atoms with Crippen LogP contribution in [0.4, 0.5) is 0 Å². The Balaban J connectivity index is 6.16. The van der Waals surface area contributed by atoms with Crippen molar-refractivity contribution in [3.63, 3.8) is 0 Å². The first-order valence-corrected chi connectivity index (χ1v) is 30.9. The van der Waals surface area contributed by atoms with Gasteiger partial charge in [0.25, 0.3) is 0 Å². The first-order valence-electron chi connectivity index (χ1n) is 19.0. The van der Waals surface area contributed by atoms with E-state index < -0.39 is 44.5 Å². The Kier molecular flexibility index (Phi) is 21.9. The summed E-state index contributed by atoms with van der Waals surface area (Å²) in [7, 11) is -6.14. The summed E-state index contributed by atoms with van der Waals surface area (Å²) in [6, 6.07) is 6.51. The molecule has 0 aliphatic rings. The molecule has 0 rings (SSSR count). The number of unbranched alkanes of at least 4 members (excludes halogenated alkanes) is 2. The molecular formula is C36H78BO6Si4. The molecule has 1 radical (unpaired) electrons. The fraction of sp³-hybridized carbons (Fsp3) is 0.889. The van der Waals surface area contributed by atoms with E-state index in [2.05, 4.69) is 121 Å². The van der Waals surface area contributed by atoms with E-state index in [1.54, 1.807) is 12.5 Å². The van der Waals surface area contributed by atoms with Gasteiger partial charge in [0.2, 0.25) is 0 Å². The molecule has 0 aromatic carbocycles. The van der Waals surface area contributed by atoms with Crippen molar-refractivity contribution in [1.82, 2.24) is 0 Å². The fourth-order valence-corrected chi connectivity index (χ4v) is 15.5. The largest absolute Gasteiger partial charge is 0.657 e. The van der Waals surface area contributed by atoms with Gasteiger partial charge in [-0.05, 0) is 114 Å². The summed E-state index contributed by atoms with van der Waals surface area (Å²) >= 11 is 0. The second-order valence-electron chi connectivity index (χ2n) is 15.9. The first-order chi connectivity index (χ1) is 21.8. The monoisotopic (exact) mass is 729 g/mol. The van der Waals surface area contributed by atoms with E-state index >= 15 is 0 Å². The van der Waals surface area contributed by atoms with Crippen LogP contribution in [0.3, 0.4) is 0 Å². The zero-order valence-corrected chi connectivity index (χ0v) is 38.0. The minimum atomic E-state index is -1.92. The highest BCUT2D eigenvalue weighted by Crippen LogP contribution is 2.36. The van der Waals surface area contributed by atoms with Gasteiger partial charge in [-0.2, -0.15) is 0 Å². The van der Waals surface area contributed by atoms with Crippen molar-refractivity contribution in [1.29, 1.82) is 0 Å². The molecule has 0 amide bonds. The number of rotatable bonds is 28. The third-order valence-electron chi connectivity index (χ3n) is 9.73. The average Bonchev–Trinajstić information content (AvgIpc) is 3.00. The zero-order chi connectivity index (χ0) is 36.4. The van der Waals surface area contributed by atoms with Crippen molar-refractivity contribution >= 4 is 41.0 Å². The van der Waals surface area contributed by atoms with Gasteiger partial charge in [0.1, 0.15) is 0 Å². The summed E-state index contributed by atoms with van der Waals surface area (Å²) < 4.78 is 39.7. The molecule has 0 aliphatic heterocycles. The van der Waals surface area contributed by atoms with E-state index in [0.29, 0.717) is 0 Å². The standard InChI is InChI=1S/C36H78BO6Si4/c1-17-25-29-35(9,42-44(11,12)13)33(40-46(19-3,20-4)21-5)27-31-38-37-39-32-28-34(41-47(22-6,23-7)24-8)36(10,30-26-18-2)43-45(14,15)16/h27-28,31-34H,17-26,29-30H2,1-16H3. The highest BCUT2D eigenvalue weighted by atomic mass is 28.4. The summed E-state index contributed by atoms with van der Waals surface area (Å²) in [5.41, 5.74) is -0.839. The van der Waals surface area contributed by atoms with E-state index in [9.17, 15) is 0 Å². The molecule has 6 nitrogen and oxygen atoms in total. The molecular weight excluding hydrogens is 652 g/mol. The Hall–Kier alpha value is -0.148. The van der Waals surface area contributed by atoms with Crippen LogP contribution in [0.25, 0.3) is 0 Å². The van der Waals surface area contributed by atoms with Gasteiger partial charge in [0.05, 0.1) is 35.9 Å². The Bertz CT molecular complexity index is 799. The lowest BCUT2D eigenvalue weighted by Gasteiger charge is -2.45. The molecule has 47 heavy (non-hydrogen) atoms. The molecule has 0 spiro atoms. The van der Waals surface area contributed by atoms with Gasteiger partial charge in [-0.1, -0.05) is 81.1 Å².